The first-order valence-electron chi connectivity index (χ1n) is 8.45. The molecular weight excluding hydrogens is 274 g/mol. The van der Waals surface area contributed by atoms with Crippen LogP contribution in [0.2, 0.25) is 0 Å². The number of hydrogen-bond acceptors (Lipinski definition) is 3. The van der Waals surface area contributed by atoms with Crippen molar-refractivity contribution >= 4 is 17.3 Å². The van der Waals surface area contributed by atoms with E-state index in [0.29, 0.717) is 13.0 Å². The molecule has 0 saturated carbocycles. The summed E-state index contributed by atoms with van der Waals surface area (Å²) < 4.78 is 0. The topological polar surface area (TPSA) is 35.6 Å². The van der Waals surface area contributed by atoms with Crippen LogP contribution in [-0.4, -0.2) is 44.0 Å². The number of anilines is 2. The summed E-state index contributed by atoms with van der Waals surface area (Å²) >= 11 is 0. The van der Waals surface area contributed by atoms with Crippen LogP contribution < -0.4 is 10.2 Å². The number of carbonyl (C=O) groups is 1. The SMILES string of the molecule is CCCCN(C)C(=O)CCNc1ccc(N(CC)CC)cc1. The highest BCUT2D eigenvalue weighted by molar-refractivity contribution is 5.76. The summed E-state index contributed by atoms with van der Waals surface area (Å²) in [5.74, 6) is 0.209. The second-order valence-electron chi connectivity index (χ2n) is 5.56. The van der Waals surface area contributed by atoms with Gasteiger partial charge in [-0.25, -0.2) is 0 Å². The van der Waals surface area contributed by atoms with Crippen LogP contribution in [0.25, 0.3) is 0 Å². The predicted molar refractivity (Wildman–Crippen MR) is 95.7 cm³/mol. The van der Waals surface area contributed by atoms with E-state index in [0.717, 1.165) is 38.2 Å². The van der Waals surface area contributed by atoms with Crippen LogP contribution in [0, 0.1) is 0 Å². The molecule has 124 valence electrons. The molecule has 0 heterocycles. The van der Waals surface area contributed by atoms with E-state index in [-0.39, 0.29) is 5.91 Å². The molecule has 4 nitrogen and oxygen atoms in total. The van der Waals surface area contributed by atoms with Crippen molar-refractivity contribution in [3.05, 3.63) is 24.3 Å². The third-order valence-electron chi connectivity index (χ3n) is 3.94. The molecule has 0 aliphatic carbocycles. The standard InChI is InChI=1S/C18H31N3O/c1-5-8-15-20(4)18(22)13-14-19-16-9-11-17(12-10-16)21(6-2)7-3/h9-12,19H,5-8,13-15H2,1-4H3. The molecule has 1 amide bonds. The second-order valence-corrected chi connectivity index (χ2v) is 5.56. The van der Waals surface area contributed by atoms with Crippen molar-refractivity contribution in [1.82, 2.24) is 4.90 Å². The smallest absolute Gasteiger partial charge is 0.224 e. The van der Waals surface area contributed by atoms with Crippen molar-refractivity contribution in [2.24, 2.45) is 0 Å². The van der Waals surface area contributed by atoms with E-state index in [2.05, 4.69) is 55.3 Å². The monoisotopic (exact) mass is 305 g/mol. The molecule has 0 radical (unpaired) electrons. The Hall–Kier alpha value is -1.71. The van der Waals surface area contributed by atoms with Crippen LogP contribution in [0.1, 0.15) is 40.0 Å². The molecule has 0 bridgehead atoms. The number of rotatable bonds is 10. The van der Waals surface area contributed by atoms with E-state index < -0.39 is 0 Å². The van der Waals surface area contributed by atoms with E-state index >= 15 is 0 Å². The molecule has 0 fully saturated rings. The number of nitrogens with one attached hydrogen (secondary N) is 1. The van der Waals surface area contributed by atoms with Gasteiger partial charge in [-0.3, -0.25) is 4.79 Å². The summed E-state index contributed by atoms with van der Waals surface area (Å²) in [7, 11) is 1.89. The summed E-state index contributed by atoms with van der Waals surface area (Å²) in [6.45, 7) is 10.0. The quantitative estimate of drug-likeness (QED) is 0.717. The Labute approximate surface area is 135 Å². The van der Waals surface area contributed by atoms with Gasteiger partial charge < -0.3 is 15.1 Å². The van der Waals surface area contributed by atoms with Gasteiger partial charge in [-0.1, -0.05) is 13.3 Å². The van der Waals surface area contributed by atoms with Gasteiger partial charge in [0.05, 0.1) is 0 Å². The molecule has 1 rings (SSSR count). The third kappa shape index (κ3) is 5.96. The first kappa shape index (κ1) is 18.3. The van der Waals surface area contributed by atoms with Crippen LogP contribution in [0.5, 0.6) is 0 Å². The Kier molecular flexibility index (Phi) is 8.41. The minimum absolute atomic E-state index is 0.209. The maximum Gasteiger partial charge on any atom is 0.224 e. The zero-order valence-corrected chi connectivity index (χ0v) is 14.6. The lowest BCUT2D eigenvalue weighted by Crippen LogP contribution is -2.29. The zero-order valence-electron chi connectivity index (χ0n) is 14.6. The van der Waals surface area contributed by atoms with Crippen molar-refractivity contribution < 1.29 is 4.79 Å². The van der Waals surface area contributed by atoms with E-state index in [1.165, 1.54) is 5.69 Å². The fourth-order valence-electron chi connectivity index (χ4n) is 2.40. The molecule has 4 heteroatoms. The molecule has 1 N–H and O–H groups in total. The van der Waals surface area contributed by atoms with Gasteiger partial charge in [0.15, 0.2) is 0 Å². The van der Waals surface area contributed by atoms with Gasteiger partial charge in [-0.15, -0.1) is 0 Å². The average molecular weight is 305 g/mol. The van der Waals surface area contributed by atoms with E-state index in [1.807, 2.05) is 11.9 Å². The van der Waals surface area contributed by atoms with Gasteiger partial charge in [-0.05, 0) is 44.5 Å². The number of carbonyl (C=O) groups excluding carboxylic acids is 1. The van der Waals surface area contributed by atoms with Gasteiger partial charge >= 0.3 is 0 Å². The Morgan fingerprint density at radius 1 is 1.09 bits per heavy atom. The highest BCUT2D eigenvalue weighted by atomic mass is 16.2. The number of hydrogen-bond donors (Lipinski definition) is 1. The molecule has 22 heavy (non-hydrogen) atoms. The predicted octanol–water partition coefficient (Wildman–Crippen LogP) is 3.59. The van der Waals surface area contributed by atoms with Crippen molar-refractivity contribution in [1.29, 1.82) is 0 Å². The molecule has 0 atom stereocenters. The first-order chi connectivity index (χ1) is 10.6. The summed E-state index contributed by atoms with van der Waals surface area (Å²) in [5, 5.41) is 3.32. The summed E-state index contributed by atoms with van der Waals surface area (Å²) in [5.41, 5.74) is 2.31. The second kappa shape index (κ2) is 10.1. The Morgan fingerprint density at radius 2 is 1.73 bits per heavy atom. The summed E-state index contributed by atoms with van der Waals surface area (Å²) in [6, 6.07) is 8.42. The van der Waals surface area contributed by atoms with Gasteiger partial charge in [-0.2, -0.15) is 0 Å². The largest absolute Gasteiger partial charge is 0.385 e. The van der Waals surface area contributed by atoms with E-state index in [1.54, 1.807) is 0 Å². The van der Waals surface area contributed by atoms with Gasteiger partial charge in [0, 0.05) is 51.0 Å². The molecule has 0 unspecified atom stereocenters. The van der Waals surface area contributed by atoms with Gasteiger partial charge in [0.1, 0.15) is 0 Å². The molecule has 1 aromatic carbocycles. The van der Waals surface area contributed by atoms with Crippen LogP contribution in [0.3, 0.4) is 0 Å². The zero-order chi connectivity index (χ0) is 16.4. The van der Waals surface area contributed by atoms with E-state index in [4.69, 9.17) is 0 Å². The lowest BCUT2D eigenvalue weighted by atomic mass is 10.2. The number of unbranched alkanes of at least 4 members (excludes halogenated alkanes) is 1. The van der Waals surface area contributed by atoms with Gasteiger partial charge in [0.25, 0.3) is 0 Å². The molecule has 0 aliphatic rings. The maximum atomic E-state index is 11.9. The third-order valence-corrected chi connectivity index (χ3v) is 3.94. The Balaban J connectivity index is 2.37. The van der Waals surface area contributed by atoms with E-state index in [9.17, 15) is 4.79 Å². The maximum absolute atomic E-state index is 11.9. The van der Waals surface area contributed by atoms with Crippen molar-refractivity contribution in [2.75, 3.05) is 43.4 Å². The fraction of sp³-hybridized carbons (Fsp3) is 0.611. The highest BCUT2D eigenvalue weighted by Gasteiger charge is 2.07. The van der Waals surface area contributed by atoms with Crippen LogP contribution >= 0.6 is 0 Å². The normalized spacial score (nSPS) is 10.4. The average Bonchev–Trinajstić information content (AvgIpc) is 2.55. The lowest BCUT2D eigenvalue weighted by molar-refractivity contribution is -0.129. The van der Waals surface area contributed by atoms with Crippen LogP contribution in [0.4, 0.5) is 11.4 Å². The molecule has 0 aromatic heterocycles. The van der Waals surface area contributed by atoms with Crippen molar-refractivity contribution in [3.63, 3.8) is 0 Å². The molecular formula is C18H31N3O. The molecule has 0 saturated heterocycles. The number of nitrogens with zero attached hydrogens (tertiary/aromatic N) is 2. The van der Waals surface area contributed by atoms with Crippen LogP contribution in [0.15, 0.2) is 24.3 Å². The van der Waals surface area contributed by atoms with Crippen LogP contribution in [-0.2, 0) is 4.79 Å². The first-order valence-corrected chi connectivity index (χ1v) is 8.45. The Morgan fingerprint density at radius 3 is 2.27 bits per heavy atom. The van der Waals surface area contributed by atoms with Crippen molar-refractivity contribution in [3.8, 4) is 0 Å². The number of amides is 1. The minimum Gasteiger partial charge on any atom is -0.385 e. The molecule has 1 aromatic rings. The number of benzene rings is 1. The molecule has 0 aliphatic heterocycles. The highest BCUT2D eigenvalue weighted by Crippen LogP contribution is 2.17. The molecule has 0 spiro atoms. The Bertz CT molecular complexity index is 426. The lowest BCUT2D eigenvalue weighted by Gasteiger charge is -2.21. The fourth-order valence-corrected chi connectivity index (χ4v) is 2.40. The summed E-state index contributed by atoms with van der Waals surface area (Å²) in [4.78, 5) is 16.1. The summed E-state index contributed by atoms with van der Waals surface area (Å²) in [6.07, 6.45) is 2.73. The van der Waals surface area contributed by atoms with Gasteiger partial charge in [0.2, 0.25) is 5.91 Å². The van der Waals surface area contributed by atoms with Crippen molar-refractivity contribution in [2.45, 2.75) is 40.0 Å². The minimum atomic E-state index is 0.209.